The lowest BCUT2D eigenvalue weighted by Crippen LogP contribution is -2.18. The topological polar surface area (TPSA) is 61.8 Å². The third-order valence-electron chi connectivity index (χ3n) is 3.07. The minimum absolute atomic E-state index is 0.111. The number of carbonyl (C=O) groups excluding carboxylic acids is 2. The first-order valence-corrected chi connectivity index (χ1v) is 8.16. The van der Waals surface area contributed by atoms with Crippen molar-refractivity contribution in [3.05, 3.63) is 69.7 Å². The highest BCUT2D eigenvalue weighted by atomic mass is 35.5. The maximum absolute atomic E-state index is 11.5. The van der Waals surface area contributed by atoms with E-state index in [-0.39, 0.29) is 26.4 Å². The van der Waals surface area contributed by atoms with Gasteiger partial charge in [0.25, 0.3) is 0 Å². The Hall–Kier alpha value is -2.08. The molecule has 0 bridgehead atoms. The van der Waals surface area contributed by atoms with Gasteiger partial charge in [0.1, 0.15) is 26.4 Å². The summed E-state index contributed by atoms with van der Waals surface area (Å²) in [7, 11) is 0. The molecule has 2 aromatic rings. The number of halogens is 2. The molecule has 0 N–H and O–H groups in total. The zero-order chi connectivity index (χ0) is 18.1. The highest BCUT2D eigenvalue weighted by molar-refractivity contribution is 6.30. The van der Waals surface area contributed by atoms with E-state index in [4.69, 9.17) is 37.4 Å². The van der Waals surface area contributed by atoms with Gasteiger partial charge in [-0.25, -0.2) is 9.59 Å². The fourth-order valence-corrected chi connectivity index (χ4v) is 2.04. The third-order valence-corrected chi connectivity index (χ3v) is 3.57. The standard InChI is InChI=1S/C18H16Cl2O5/c19-15-5-1-13(2-6-15)9-24-17(21)11-23-12-18(22)25-10-14-3-7-16(20)8-4-14/h1-8H,9-12H2. The molecule has 0 heterocycles. The van der Waals surface area contributed by atoms with E-state index in [0.717, 1.165) is 11.1 Å². The van der Waals surface area contributed by atoms with E-state index >= 15 is 0 Å². The number of hydrogen-bond donors (Lipinski definition) is 0. The Labute approximate surface area is 155 Å². The van der Waals surface area contributed by atoms with Crippen molar-refractivity contribution in [2.75, 3.05) is 13.2 Å². The van der Waals surface area contributed by atoms with Crippen LogP contribution in [0.15, 0.2) is 48.5 Å². The van der Waals surface area contributed by atoms with E-state index in [9.17, 15) is 9.59 Å². The molecule has 2 rings (SSSR count). The summed E-state index contributed by atoms with van der Waals surface area (Å²) in [5, 5.41) is 1.21. The maximum atomic E-state index is 11.5. The number of ether oxygens (including phenoxy) is 3. The van der Waals surface area contributed by atoms with Crippen molar-refractivity contribution in [2.45, 2.75) is 13.2 Å². The summed E-state index contributed by atoms with van der Waals surface area (Å²) in [6.45, 7) is -0.436. The first-order valence-electron chi connectivity index (χ1n) is 7.41. The van der Waals surface area contributed by atoms with Crippen LogP contribution in [0.3, 0.4) is 0 Å². The van der Waals surface area contributed by atoms with Crippen molar-refractivity contribution in [2.24, 2.45) is 0 Å². The van der Waals surface area contributed by atoms with Crippen LogP contribution in [0.5, 0.6) is 0 Å². The summed E-state index contributed by atoms with van der Waals surface area (Å²) in [6.07, 6.45) is 0. The average molecular weight is 383 g/mol. The zero-order valence-corrected chi connectivity index (χ0v) is 14.8. The minimum atomic E-state index is -0.569. The minimum Gasteiger partial charge on any atom is -0.459 e. The molecule has 0 atom stereocenters. The van der Waals surface area contributed by atoms with Crippen molar-refractivity contribution < 1.29 is 23.8 Å². The first-order chi connectivity index (χ1) is 12.0. The Morgan fingerprint density at radius 1 is 0.680 bits per heavy atom. The van der Waals surface area contributed by atoms with Crippen LogP contribution < -0.4 is 0 Å². The molecule has 0 aliphatic heterocycles. The average Bonchev–Trinajstić information content (AvgIpc) is 2.61. The molecule has 0 aliphatic carbocycles. The zero-order valence-electron chi connectivity index (χ0n) is 13.2. The predicted molar refractivity (Wildman–Crippen MR) is 93.3 cm³/mol. The second kappa shape index (κ2) is 10.0. The summed E-state index contributed by atoms with van der Waals surface area (Å²) in [4.78, 5) is 23.1. The summed E-state index contributed by atoms with van der Waals surface area (Å²) in [6, 6.07) is 13.8. The SMILES string of the molecule is O=C(COCC(=O)OCc1ccc(Cl)cc1)OCc1ccc(Cl)cc1. The maximum Gasteiger partial charge on any atom is 0.332 e. The number of rotatable bonds is 8. The summed E-state index contributed by atoms with van der Waals surface area (Å²) in [5.41, 5.74) is 1.61. The molecule has 0 aromatic heterocycles. The Morgan fingerprint density at radius 3 is 1.40 bits per heavy atom. The summed E-state index contributed by atoms with van der Waals surface area (Å²) in [5.74, 6) is -1.14. The molecule has 0 spiro atoms. The van der Waals surface area contributed by atoms with Crippen LogP contribution in [0.4, 0.5) is 0 Å². The molecule has 0 saturated heterocycles. The van der Waals surface area contributed by atoms with E-state index in [0.29, 0.717) is 10.0 Å². The van der Waals surface area contributed by atoms with E-state index in [1.165, 1.54) is 0 Å². The van der Waals surface area contributed by atoms with Crippen LogP contribution in [0.1, 0.15) is 11.1 Å². The molecule has 2 aromatic carbocycles. The van der Waals surface area contributed by atoms with Gasteiger partial charge in [0.2, 0.25) is 0 Å². The predicted octanol–water partition coefficient (Wildman–Crippen LogP) is 3.80. The molecule has 0 fully saturated rings. The smallest absolute Gasteiger partial charge is 0.332 e. The number of esters is 2. The van der Waals surface area contributed by atoms with E-state index in [2.05, 4.69) is 0 Å². The molecule has 0 radical (unpaired) electrons. The van der Waals surface area contributed by atoms with Gasteiger partial charge in [-0.3, -0.25) is 0 Å². The van der Waals surface area contributed by atoms with Crippen LogP contribution in [0, 0.1) is 0 Å². The molecule has 25 heavy (non-hydrogen) atoms. The monoisotopic (exact) mass is 382 g/mol. The van der Waals surface area contributed by atoms with Crippen molar-refractivity contribution >= 4 is 35.1 Å². The molecule has 0 aliphatic rings. The molecular formula is C18H16Cl2O5. The molecule has 5 nitrogen and oxygen atoms in total. The highest BCUT2D eigenvalue weighted by Gasteiger charge is 2.08. The van der Waals surface area contributed by atoms with Gasteiger partial charge in [-0.1, -0.05) is 47.5 Å². The Kier molecular flexibility index (Phi) is 7.73. The van der Waals surface area contributed by atoms with Crippen molar-refractivity contribution in [3.63, 3.8) is 0 Å². The second-order valence-corrected chi connectivity index (χ2v) is 5.94. The summed E-state index contributed by atoms with van der Waals surface area (Å²) < 4.78 is 15.0. The van der Waals surface area contributed by atoms with E-state index < -0.39 is 11.9 Å². The van der Waals surface area contributed by atoms with Crippen molar-refractivity contribution in [1.82, 2.24) is 0 Å². The van der Waals surface area contributed by atoms with Crippen LogP contribution >= 0.6 is 23.2 Å². The fraction of sp³-hybridized carbons (Fsp3) is 0.222. The van der Waals surface area contributed by atoms with Gasteiger partial charge < -0.3 is 14.2 Å². The Bertz CT molecular complexity index is 637. The van der Waals surface area contributed by atoms with Gasteiger partial charge in [-0.05, 0) is 35.4 Å². The number of benzene rings is 2. The molecule has 0 amide bonds. The first kappa shape index (κ1) is 19.2. The Balaban J connectivity index is 1.59. The summed E-state index contributed by atoms with van der Waals surface area (Å²) >= 11 is 11.5. The number of carbonyl (C=O) groups is 2. The van der Waals surface area contributed by atoms with Crippen molar-refractivity contribution in [3.8, 4) is 0 Å². The second-order valence-electron chi connectivity index (χ2n) is 5.07. The lowest BCUT2D eigenvalue weighted by Gasteiger charge is -2.07. The van der Waals surface area contributed by atoms with Crippen LogP contribution in [-0.2, 0) is 37.0 Å². The lowest BCUT2D eigenvalue weighted by atomic mass is 10.2. The lowest BCUT2D eigenvalue weighted by molar-refractivity contribution is -0.156. The molecule has 0 saturated carbocycles. The number of hydrogen-bond acceptors (Lipinski definition) is 5. The normalized spacial score (nSPS) is 10.3. The van der Waals surface area contributed by atoms with Gasteiger partial charge in [0, 0.05) is 10.0 Å². The van der Waals surface area contributed by atoms with Crippen LogP contribution in [0.2, 0.25) is 10.0 Å². The molecule has 0 unspecified atom stereocenters. The van der Waals surface area contributed by atoms with E-state index in [1.807, 2.05) is 0 Å². The van der Waals surface area contributed by atoms with E-state index in [1.54, 1.807) is 48.5 Å². The van der Waals surface area contributed by atoms with Crippen LogP contribution in [0.25, 0.3) is 0 Å². The molecule has 132 valence electrons. The van der Waals surface area contributed by atoms with Gasteiger partial charge in [0.15, 0.2) is 0 Å². The largest absolute Gasteiger partial charge is 0.459 e. The van der Waals surface area contributed by atoms with Crippen LogP contribution in [-0.4, -0.2) is 25.2 Å². The highest BCUT2D eigenvalue weighted by Crippen LogP contribution is 2.11. The molecular weight excluding hydrogens is 367 g/mol. The van der Waals surface area contributed by atoms with Gasteiger partial charge in [0.05, 0.1) is 0 Å². The van der Waals surface area contributed by atoms with Gasteiger partial charge >= 0.3 is 11.9 Å². The van der Waals surface area contributed by atoms with Crippen molar-refractivity contribution in [1.29, 1.82) is 0 Å². The third kappa shape index (κ3) is 7.56. The quantitative estimate of drug-likeness (QED) is 0.649. The van der Waals surface area contributed by atoms with Gasteiger partial charge in [-0.15, -0.1) is 0 Å². The fourth-order valence-electron chi connectivity index (χ4n) is 1.79. The Morgan fingerprint density at radius 2 is 1.04 bits per heavy atom. The molecule has 7 heteroatoms. The van der Waals surface area contributed by atoms with Gasteiger partial charge in [-0.2, -0.15) is 0 Å².